The van der Waals surface area contributed by atoms with Crippen LogP contribution in [0.1, 0.15) is 15.9 Å². The average molecular weight is 372 g/mol. The third-order valence-corrected chi connectivity index (χ3v) is 3.97. The van der Waals surface area contributed by atoms with Crippen LogP contribution in [0.3, 0.4) is 0 Å². The van der Waals surface area contributed by atoms with E-state index in [1.165, 1.54) is 6.08 Å². The van der Waals surface area contributed by atoms with Gasteiger partial charge in [-0.15, -0.1) is 0 Å². The first-order chi connectivity index (χ1) is 13.6. The van der Waals surface area contributed by atoms with E-state index in [0.717, 1.165) is 11.3 Å². The molecule has 0 fully saturated rings. The van der Waals surface area contributed by atoms with Crippen molar-refractivity contribution in [3.05, 3.63) is 96.1 Å². The molecule has 5 heteroatoms. The van der Waals surface area contributed by atoms with Crippen molar-refractivity contribution in [3.8, 4) is 5.75 Å². The SMILES string of the molecule is COc1ccc(/C=C/C(=O)Nc2cccc(C(=O)Nc3ccccc3)c2)cc1. The van der Waals surface area contributed by atoms with Gasteiger partial charge in [-0.3, -0.25) is 9.59 Å². The minimum atomic E-state index is -0.281. The molecule has 5 nitrogen and oxygen atoms in total. The molecule has 3 aromatic carbocycles. The highest BCUT2D eigenvalue weighted by Crippen LogP contribution is 2.15. The van der Waals surface area contributed by atoms with Gasteiger partial charge in [0.15, 0.2) is 0 Å². The number of benzene rings is 3. The van der Waals surface area contributed by atoms with Crippen LogP contribution in [0.4, 0.5) is 11.4 Å². The number of hydrogen-bond acceptors (Lipinski definition) is 3. The summed E-state index contributed by atoms with van der Waals surface area (Å²) in [7, 11) is 1.60. The lowest BCUT2D eigenvalue weighted by Gasteiger charge is -2.07. The molecule has 0 aliphatic heterocycles. The van der Waals surface area contributed by atoms with E-state index in [2.05, 4.69) is 10.6 Å². The first kappa shape index (κ1) is 18.9. The van der Waals surface area contributed by atoms with Crippen LogP contribution in [-0.2, 0) is 4.79 Å². The molecule has 2 N–H and O–H groups in total. The van der Waals surface area contributed by atoms with Gasteiger partial charge in [0, 0.05) is 23.0 Å². The van der Waals surface area contributed by atoms with Crippen LogP contribution in [0, 0.1) is 0 Å². The minimum Gasteiger partial charge on any atom is -0.497 e. The molecule has 0 heterocycles. The Bertz CT molecular complexity index is 980. The maximum Gasteiger partial charge on any atom is 0.255 e. The van der Waals surface area contributed by atoms with E-state index in [9.17, 15) is 9.59 Å². The highest BCUT2D eigenvalue weighted by Gasteiger charge is 2.07. The summed E-state index contributed by atoms with van der Waals surface area (Å²) in [6.45, 7) is 0. The van der Waals surface area contributed by atoms with E-state index >= 15 is 0 Å². The van der Waals surface area contributed by atoms with Gasteiger partial charge >= 0.3 is 0 Å². The molecule has 0 aromatic heterocycles. The molecule has 0 radical (unpaired) electrons. The van der Waals surface area contributed by atoms with Gasteiger partial charge in [-0.2, -0.15) is 0 Å². The monoisotopic (exact) mass is 372 g/mol. The number of para-hydroxylation sites is 1. The third-order valence-electron chi connectivity index (χ3n) is 3.97. The Morgan fingerprint density at radius 3 is 2.25 bits per heavy atom. The van der Waals surface area contributed by atoms with Crippen molar-refractivity contribution in [3.63, 3.8) is 0 Å². The van der Waals surface area contributed by atoms with Gasteiger partial charge in [-0.1, -0.05) is 36.4 Å². The number of anilines is 2. The summed E-state index contributed by atoms with van der Waals surface area (Å²) in [5.74, 6) is 0.236. The topological polar surface area (TPSA) is 67.4 Å². The van der Waals surface area contributed by atoms with Gasteiger partial charge in [0.1, 0.15) is 5.75 Å². The number of methoxy groups -OCH3 is 1. The molecule has 140 valence electrons. The Morgan fingerprint density at radius 2 is 1.54 bits per heavy atom. The van der Waals surface area contributed by atoms with Gasteiger partial charge < -0.3 is 15.4 Å². The zero-order chi connectivity index (χ0) is 19.8. The lowest BCUT2D eigenvalue weighted by atomic mass is 10.1. The van der Waals surface area contributed by atoms with Crippen molar-refractivity contribution in [1.29, 1.82) is 0 Å². The molecule has 0 bridgehead atoms. The lowest BCUT2D eigenvalue weighted by Crippen LogP contribution is -2.13. The minimum absolute atomic E-state index is 0.240. The largest absolute Gasteiger partial charge is 0.497 e. The zero-order valence-corrected chi connectivity index (χ0v) is 15.4. The number of hydrogen-bond donors (Lipinski definition) is 2. The quantitative estimate of drug-likeness (QED) is 0.622. The molecular formula is C23H20N2O3. The normalized spacial score (nSPS) is 10.5. The molecule has 0 saturated carbocycles. The van der Waals surface area contributed by atoms with Gasteiger partial charge in [0.05, 0.1) is 7.11 Å². The standard InChI is InChI=1S/C23H20N2O3/c1-28-21-13-10-17(11-14-21)12-15-22(26)24-20-9-5-6-18(16-20)23(27)25-19-7-3-2-4-8-19/h2-16H,1H3,(H,24,26)(H,25,27)/b15-12+. The van der Waals surface area contributed by atoms with Gasteiger partial charge in [0.2, 0.25) is 5.91 Å². The maximum absolute atomic E-state index is 12.4. The zero-order valence-electron chi connectivity index (χ0n) is 15.4. The number of rotatable bonds is 6. The Labute approximate surface area is 163 Å². The van der Waals surface area contributed by atoms with E-state index in [4.69, 9.17) is 4.74 Å². The Hall–Kier alpha value is -3.86. The fourth-order valence-corrected chi connectivity index (χ4v) is 2.53. The second-order valence-electron chi connectivity index (χ2n) is 6.00. The molecule has 0 unspecified atom stereocenters. The van der Waals surface area contributed by atoms with Gasteiger partial charge in [-0.05, 0) is 54.1 Å². The number of ether oxygens (including phenoxy) is 1. The van der Waals surface area contributed by atoms with Gasteiger partial charge in [-0.25, -0.2) is 0 Å². The Morgan fingerprint density at radius 1 is 0.821 bits per heavy atom. The van der Waals surface area contributed by atoms with Crippen molar-refractivity contribution in [2.24, 2.45) is 0 Å². The maximum atomic E-state index is 12.4. The van der Waals surface area contributed by atoms with E-state index in [1.807, 2.05) is 54.6 Å². The fraction of sp³-hybridized carbons (Fsp3) is 0.0435. The molecule has 0 aliphatic rings. The molecule has 28 heavy (non-hydrogen) atoms. The van der Waals surface area contributed by atoms with Crippen LogP contribution >= 0.6 is 0 Å². The average Bonchev–Trinajstić information content (AvgIpc) is 2.73. The number of nitrogens with one attached hydrogen (secondary N) is 2. The van der Waals surface area contributed by atoms with Gasteiger partial charge in [0.25, 0.3) is 5.91 Å². The van der Waals surface area contributed by atoms with Crippen LogP contribution in [0.5, 0.6) is 5.75 Å². The summed E-state index contributed by atoms with van der Waals surface area (Å²) < 4.78 is 5.11. The molecule has 3 aromatic rings. The molecule has 2 amide bonds. The summed E-state index contributed by atoms with van der Waals surface area (Å²) >= 11 is 0. The second kappa shape index (κ2) is 9.19. The molecular weight excluding hydrogens is 352 g/mol. The van der Waals surface area contributed by atoms with E-state index in [-0.39, 0.29) is 11.8 Å². The summed E-state index contributed by atoms with van der Waals surface area (Å²) in [6.07, 6.45) is 3.15. The summed E-state index contributed by atoms with van der Waals surface area (Å²) in [6, 6.07) is 23.4. The lowest BCUT2D eigenvalue weighted by molar-refractivity contribution is -0.111. The van der Waals surface area contributed by atoms with E-state index < -0.39 is 0 Å². The molecule has 0 saturated heterocycles. The summed E-state index contributed by atoms with van der Waals surface area (Å²) in [5, 5.41) is 5.58. The third kappa shape index (κ3) is 5.32. The van der Waals surface area contributed by atoms with E-state index in [0.29, 0.717) is 16.9 Å². The molecule has 0 atom stereocenters. The van der Waals surface area contributed by atoms with Crippen LogP contribution in [0.25, 0.3) is 6.08 Å². The molecule has 0 aliphatic carbocycles. The number of carbonyl (C=O) groups excluding carboxylic acids is 2. The first-order valence-corrected chi connectivity index (χ1v) is 8.73. The molecule has 3 rings (SSSR count). The number of amides is 2. The Kier molecular flexibility index (Phi) is 6.21. The van der Waals surface area contributed by atoms with Crippen molar-refractivity contribution in [1.82, 2.24) is 0 Å². The van der Waals surface area contributed by atoms with E-state index in [1.54, 1.807) is 37.5 Å². The smallest absolute Gasteiger partial charge is 0.255 e. The predicted molar refractivity (Wildman–Crippen MR) is 111 cm³/mol. The first-order valence-electron chi connectivity index (χ1n) is 8.73. The van der Waals surface area contributed by atoms with Crippen LogP contribution < -0.4 is 15.4 Å². The summed E-state index contributed by atoms with van der Waals surface area (Å²) in [5.41, 5.74) is 2.60. The van der Waals surface area contributed by atoms with Crippen LogP contribution in [0.15, 0.2) is 84.9 Å². The number of carbonyl (C=O) groups is 2. The summed E-state index contributed by atoms with van der Waals surface area (Å²) in [4.78, 5) is 24.5. The second-order valence-corrected chi connectivity index (χ2v) is 6.00. The van der Waals surface area contributed by atoms with Crippen molar-refractivity contribution >= 4 is 29.3 Å². The highest BCUT2D eigenvalue weighted by atomic mass is 16.5. The van der Waals surface area contributed by atoms with Crippen molar-refractivity contribution in [2.75, 3.05) is 17.7 Å². The predicted octanol–water partition coefficient (Wildman–Crippen LogP) is 4.60. The molecule has 0 spiro atoms. The van der Waals surface area contributed by atoms with Crippen molar-refractivity contribution in [2.45, 2.75) is 0 Å². The van der Waals surface area contributed by atoms with Crippen LogP contribution in [0.2, 0.25) is 0 Å². The van der Waals surface area contributed by atoms with Crippen LogP contribution in [-0.4, -0.2) is 18.9 Å². The Balaban J connectivity index is 1.62. The highest BCUT2D eigenvalue weighted by molar-refractivity contribution is 6.06. The van der Waals surface area contributed by atoms with Crippen molar-refractivity contribution < 1.29 is 14.3 Å². The fourth-order valence-electron chi connectivity index (χ4n) is 2.53.